The van der Waals surface area contributed by atoms with E-state index in [-0.39, 0.29) is 24.8 Å². The molecule has 0 saturated carbocycles. The second-order valence-corrected chi connectivity index (χ2v) is 7.78. The van der Waals surface area contributed by atoms with Gasteiger partial charge in [0.1, 0.15) is 0 Å². The molecule has 0 aliphatic heterocycles. The van der Waals surface area contributed by atoms with Crippen LogP contribution in [0.1, 0.15) is 23.4 Å². The zero-order chi connectivity index (χ0) is 22.0. The number of rotatable bonds is 6. The highest BCUT2D eigenvalue weighted by Crippen LogP contribution is 2.22. The molecule has 2 N–H and O–H groups in total. The highest BCUT2D eigenvalue weighted by Gasteiger charge is 2.15. The molecule has 31 heavy (non-hydrogen) atoms. The molecular weight excluding hydrogens is 414 g/mol. The Morgan fingerprint density at radius 2 is 1.77 bits per heavy atom. The average molecular weight is 436 g/mol. The van der Waals surface area contributed by atoms with Gasteiger partial charge in [-0.15, -0.1) is 0 Å². The third kappa shape index (κ3) is 4.51. The molecule has 4 aromatic rings. The molecule has 0 atom stereocenters. The van der Waals surface area contributed by atoms with Crippen LogP contribution < -0.4 is 10.6 Å². The lowest BCUT2D eigenvalue weighted by molar-refractivity contribution is -0.124. The molecule has 0 radical (unpaired) electrons. The van der Waals surface area contributed by atoms with E-state index in [0.717, 1.165) is 33.5 Å². The molecule has 0 bridgehead atoms. The smallest absolute Gasteiger partial charge is 0.243 e. The van der Waals surface area contributed by atoms with E-state index in [1.807, 2.05) is 42.6 Å². The van der Waals surface area contributed by atoms with Crippen molar-refractivity contribution >= 4 is 45.7 Å². The molecule has 2 amide bonds. The summed E-state index contributed by atoms with van der Waals surface area (Å²) in [6.07, 6.45) is 0.769. The first-order chi connectivity index (χ1) is 14.9. The predicted molar refractivity (Wildman–Crippen MR) is 121 cm³/mol. The fourth-order valence-electron chi connectivity index (χ4n) is 3.58. The van der Waals surface area contributed by atoms with E-state index in [9.17, 15) is 9.59 Å². The fourth-order valence-corrected chi connectivity index (χ4v) is 3.71. The van der Waals surface area contributed by atoms with Gasteiger partial charge in [-0.05, 0) is 62.2 Å². The summed E-state index contributed by atoms with van der Waals surface area (Å²) in [6.45, 7) is 3.84. The van der Waals surface area contributed by atoms with Gasteiger partial charge in [-0.3, -0.25) is 9.59 Å². The quantitative estimate of drug-likeness (QED) is 0.481. The molecule has 7 nitrogen and oxygen atoms in total. The summed E-state index contributed by atoms with van der Waals surface area (Å²) in [5.74, 6) is -0.495. The number of carbonyl (C=O) groups is 2. The topological polar surface area (TPSA) is 88.4 Å². The molecule has 158 valence electrons. The zero-order valence-electron chi connectivity index (χ0n) is 17.3. The summed E-state index contributed by atoms with van der Waals surface area (Å²) in [6, 6.07) is 14.7. The maximum atomic E-state index is 12.3. The summed E-state index contributed by atoms with van der Waals surface area (Å²) in [7, 11) is 0. The van der Waals surface area contributed by atoms with Crippen LogP contribution in [0, 0.1) is 13.8 Å². The first kappa shape index (κ1) is 20.8. The van der Waals surface area contributed by atoms with Crippen LogP contribution in [0.5, 0.6) is 0 Å². The van der Waals surface area contributed by atoms with Gasteiger partial charge in [0.15, 0.2) is 5.65 Å². The van der Waals surface area contributed by atoms with E-state index in [1.165, 1.54) is 0 Å². The van der Waals surface area contributed by atoms with E-state index < -0.39 is 0 Å². The molecule has 0 unspecified atom stereocenters. The van der Waals surface area contributed by atoms with Crippen molar-refractivity contribution in [2.24, 2.45) is 0 Å². The number of nitrogens with one attached hydrogen (secondary N) is 2. The Balaban J connectivity index is 1.38. The molecule has 0 aliphatic rings. The van der Waals surface area contributed by atoms with E-state index in [4.69, 9.17) is 16.6 Å². The Kier molecular flexibility index (Phi) is 5.86. The maximum absolute atomic E-state index is 12.3. The third-order valence-corrected chi connectivity index (χ3v) is 5.45. The van der Waals surface area contributed by atoms with Gasteiger partial charge in [0, 0.05) is 33.9 Å². The highest BCUT2D eigenvalue weighted by atomic mass is 35.5. The van der Waals surface area contributed by atoms with Crippen molar-refractivity contribution in [2.45, 2.75) is 26.7 Å². The van der Waals surface area contributed by atoms with Crippen molar-refractivity contribution in [3.63, 3.8) is 0 Å². The number of anilines is 1. The lowest BCUT2D eigenvalue weighted by atomic mass is 10.1. The van der Waals surface area contributed by atoms with Crippen molar-refractivity contribution in [3.8, 4) is 0 Å². The van der Waals surface area contributed by atoms with Crippen molar-refractivity contribution < 1.29 is 9.59 Å². The number of fused-ring (bicyclic) bond motifs is 3. The third-order valence-electron chi connectivity index (χ3n) is 5.19. The number of amides is 2. The van der Waals surface area contributed by atoms with E-state index in [2.05, 4.69) is 15.7 Å². The van der Waals surface area contributed by atoms with Crippen molar-refractivity contribution in [2.75, 3.05) is 11.9 Å². The molecule has 2 aromatic heterocycles. The largest absolute Gasteiger partial charge is 0.347 e. The normalized spacial score (nSPS) is 11.1. The van der Waals surface area contributed by atoms with Gasteiger partial charge in [0.05, 0.1) is 12.1 Å². The van der Waals surface area contributed by atoms with Gasteiger partial charge in [-0.1, -0.05) is 23.7 Å². The molecule has 2 aromatic carbocycles. The Bertz CT molecular complexity index is 1280. The Morgan fingerprint density at radius 1 is 1.03 bits per heavy atom. The number of aromatic nitrogens is 3. The van der Waals surface area contributed by atoms with Crippen molar-refractivity contribution in [3.05, 3.63) is 70.5 Å². The van der Waals surface area contributed by atoms with E-state index in [0.29, 0.717) is 17.1 Å². The van der Waals surface area contributed by atoms with Gasteiger partial charge in [0.2, 0.25) is 11.8 Å². The predicted octanol–water partition coefficient (Wildman–Crippen LogP) is 3.84. The summed E-state index contributed by atoms with van der Waals surface area (Å²) in [5.41, 5.74) is 5.16. The van der Waals surface area contributed by atoms with Crippen LogP contribution in [0.15, 0.2) is 48.5 Å². The second-order valence-electron chi connectivity index (χ2n) is 7.35. The number of hydrogen-bond acceptors (Lipinski definition) is 4. The minimum atomic E-state index is -0.297. The van der Waals surface area contributed by atoms with Crippen LogP contribution in [0.2, 0.25) is 5.02 Å². The second kappa shape index (κ2) is 8.73. The van der Waals surface area contributed by atoms with Gasteiger partial charge >= 0.3 is 0 Å². The number of halogens is 1. The Morgan fingerprint density at radius 3 is 2.55 bits per heavy atom. The lowest BCUT2D eigenvalue weighted by Crippen LogP contribution is -2.33. The molecule has 0 aliphatic carbocycles. The first-order valence-electron chi connectivity index (χ1n) is 9.98. The van der Waals surface area contributed by atoms with Crippen LogP contribution in [-0.2, 0) is 16.0 Å². The molecule has 8 heteroatoms. The zero-order valence-corrected chi connectivity index (χ0v) is 18.0. The summed E-state index contributed by atoms with van der Waals surface area (Å²) in [5, 5.41) is 11.6. The number of nitrogens with zero attached hydrogens (tertiary/aromatic N) is 3. The summed E-state index contributed by atoms with van der Waals surface area (Å²) < 4.78 is 1.84. The Hall–Kier alpha value is -3.45. The van der Waals surface area contributed by atoms with Crippen LogP contribution in [0.25, 0.3) is 16.6 Å². The van der Waals surface area contributed by atoms with Crippen LogP contribution in [0.3, 0.4) is 0 Å². The molecule has 0 saturated heterocycles. The van der Waals surface area contributed by atoms with E-state index >= 15 is 0 Å². The number of aryl methyl sites for hydroxylation is 2. The minimum Gasteiger partial charge on any atom is -0.347 e. The average Bonchev–Trinajstić information content (AvgIpc) is 3.12. The molecular formula is C23H22ClN5O2. The van der Waals surface area contributed by atoms with E-state index in [1.54, 1.807) is 24.3 Å². The van der Waals surface area contributed by atoms with Crippen molar-refractivity contribution in [1.29, 1.82) is 0 Å². The standard InChI is InChI=1S/C23H22ClN5O2/c1-14-18(15(2)29-23(26-14)19-5-3-4-6-20(19)28-29)11-12-21(30)25-13-22(31)27-17-9-7-16(24)8-10-17/h3-10H,11-13H2,1-2H3,(H,25,30)(H,27,31). The fraction of sp³-hybridized carbons (Fsp3) is 0.217. The minimum absolute atomic E-state index is 0.0960. The van der Waals surface area contributed by atoms with Crippen LogP contribution in [-0.4, -0.2) is 33.0 Å². The molecule has 4 rings (SSSR count). The molecule has 0 spiro atoms. The maximum Gasteiger partial charge on any atom is 0.243 e. The number of hydrogen-bond donors (Lipinski definition) is 2. The highest BCUT2D eigenvalue weighted by molar-refractivity contribution is 6.30. The number of carbonyl (C=O) groups excluding carboxylic acids is 2. The first-order valence-corrected chi connectivity index (χ1v) is 10.4. The summed E-state index contributed by atoms with van der Waals surface area (Å²) >= 11 is 5.83. The molecule has 2 heterocycles. The monoisotopic (exact) mass is 435 g/mol. The SMILES string of the molecule is Cc1nc2c3ccccc3nn2c(C)c1CCC(=O)NCC(=O)Nc1ccc(Cl)cc1. The molecule has 0 fully saturated rings. The van der Waals surface area contributed by atoms with Crippen molar-refractivity contribution in [1.82, 2.24) is 19.9 Å². The van der Waals surface area contributed by atoms with Gasteiger partial charge in [-0.2, -0.15) is 5.10 Å². The van der Waals surface area contributed by atoms with Gasteiger partial charge in [0.25, 0.3) is 0 Å². The summed E-state index contributed by atoms with van der Waals surface area (Å²) in [4.78, 5) is 29.1. The lowest BCUT2D eigenvalue weighted by Gasteiger charge is -2.11. The van der Waals surface area contributed by atoms with Gasteiger partial charge < -0.3 is 10.6 Å². The number of benzene rings is 2. The van der Waals surface area contributed by atoms with Crippen LogP contribution in [0.4, 0.5) is 5.69 Å². The van der Waals surface area contributed by atoms with Gasteiger partial charge in [-0.25, -0.2) is 9.50 Å². The Labute approximate surface area is 184 Å². The van der Waals surface area contributed by atoms with Crippen LogP contribution >= 0.6 is 11.6 Å².